The van der Waals surface area contributed by atoms with Gasteiger partial charge in [-0.05, 0) is 66.5 Å². The summed E-state index contributed by atoms with van der Waals surface area (Å²) in [6.45, 7) is 27.8. The zero-order valence-electron chi connectivity index (χ0n) is 33.4. The summed E-state index contributed by atoms with van der Waals surface area (Å²) in [4.78, 5) is 21.4. The van der Waals surface area contributed by atoms with Crippen molar-refractivity contribution in [1.82, 2.24) is 9.97 Å². The third-order valence-corrected chi connectivity index (χ3v) is 20.7. The topological polar surface area (TPSA) is 63.1 Å². The molecular formula is C43H63IrN2O2SSi2-. The van der Waals surface area contributed by atoms with Crippen LogP contribution in [-0.2, 0) is 24.9 Å². The largest absolute Gasteiger partial charge is 0.512 e. The molecule has 0 bridgehead atoms. The van der Waals surface area contributed by atoms with E-state index in [1.165, 1.54) is 58.0 Å². The molecular weight excluding hydrogens is 857 g/mol. The van der Waals surface area contributed by atoms with Gasteiger partial charge < -0.3 is 5.11 Å². The zero-order valence-corrected chi connectivity index (χ0v) is 38.6. The minimum Gasteiger partial charge on any atom is -0.512 e. The first-order valence-corrected chi connectivity index (χ1v) is 26.5. The maximum atomic E-state index is 11.7. The minimum absolute atomic E-state index is 0. The van der Waals surface area contributed by atoms with Gasteiger partial charge in [-0.2, -0.15) is 0 Å². The number of allylic oxidation sites excluding steroid dienone is 2. The van der Waals surface area contributed by atoms with Crippen molar-refractivity contribution >= 4 is 63.9 Å². The van der Waals surface area contributed by atoms with Crippen LogP contribution in [0.3, 0.4) is 0 Å². The SMILES string of the molecule is CCC(CC)C(=O)/C=C(\O)C(CC)CC.Cc1c([Si](C)(C)C2CCC(C)(C)CC2)sc2c(-c3[c-]c4ccccc4c([Si](C)(C)C)c3)ncnc12.[Ir]. The third-order valence-electron chi connectivity index (χ3n) is 11.6. The number of benzene rings is 2. The predicted octanol–water partition coefficient (Wildman–Crippen LogP) is 11.9. The van der Waals surface area contributed by atoms with Gasteiger partial charge in [0.15, 0.2) is 5.78 Å². The molecule has 1 radical (unpaired) electrons. The maximum absolute atomic E-state index is 11.7. The van der Waals surface area contributed by atoms with E-state index in [4.69, 9.17) is 9.97 Å². The Kier molecular flexibility index (Phi) is 15.3. The number of aliphatic hydroxyl groups is 1. The van der Waals surface area contributed by atoms with E-state index < -0.39 is 16.1 Å². The summed E-state index contributed by atoms with van der Waals surface area (Å²) in [6, 6.07) is 14.9. The van der Waals surface area contributed by atoms with Crippen LogP contribution in [0.4, 0.5) is 0 Å². The van der Waals surface area contributed by atoms with Crippen LogP contribution in [0.15, 0.2) is 48.5 Å². The number of hydrogen-bond acceptors (Lipinski definition) is 5. The van der Waals surface area contributed by atoms with E-state index in [1.54, 1.807) is 10.8 Å². The molecule has 1 N–H and O–H groups in total. The molecule has 2 aromatic heterocycles. The summed E-state index contributed by atoms with van der Waals surface area (Å²) in [5.74, 6) is 0.547. The molecule has 0 aliphatic heterocycles. The molecule has 0 unspecified atom stereocenters. The molecule has 1 saturated carbocycles. The number of ketones is 1. The second-order valence-corrected chi connectivity index (χ2v) is 28.2. The van der Waals surface area contributed by atoms with E-state index >= 15 is 0 Å². The van der Waals surface area contributed by atoms with E-state index in [9.17, 15) is 9.90 Å². The number of thiophene rings is 1. The van der Waals surface area contributed by atoms with E-state index in [-0.39, 0.29) is 43.5 Å². The van der Waals surface area contributed by atoms with E-state index in [0.717, 1.165) is 48.0 Å². The Morgan fingerprint density at radius 2 is 1.57 bits per heavy atom. The molecule has 2 aromatic carbocycles. The summed E-state index contributed by atoms with van der Waals surface area (Å²) < 4.78 is 2.88. The van der Waals surface area contributed by atoms with E-state index in [0.29, 0.717) is 5.41 Å². The Hall–Kier alpha value is -1.97. The van der Waals surface area contributed by atoms with Gasteiger partial charge >= 0.3 is 0 Å². The number of aromatic nitrogens is 2. The van der Waals surface area contributed by atoms with Crippen LogP contribution < -0.4 is 9.69 Å². The van der Waals surface area contributed by atoms with Crippen LogP contribution in [-0.4, -0.2) is 37.0 Å². The Balaban J connectivity index is 0.000000374. The third kappa shape index (κ3) is 9.97. The van der Waals surface area contributed by atoms with Crippen molar-refractivity contribution in [3.63, 3.8) is 0 Å². The summed E-state index contributed by atoms with van der Waals surface area (Å²) in [5, 5.41) is 13.8. The average Bonchev–Trinajstić information content (AvgIpc) is 3.42. The van der Waals surface area contributed by atoms with Crippen molar-refractivity contribution in [3.05, 3.63) is 60.1 Å². The van der Waals surface area contributed by atoms with Gasteiger partial charge in [-0.1, -0.05) is 116 Å². The van der Waals surface area contributed by atoms with Gasteiger partial charge in [-0.25, -0.2) is 4.98 Å². The van der Waals surface area contributed by atoms with Gasteiger partial charge in [0.2, 0.25) is 0 Å². The Morgan fingerprint density at radius 3 is 2.14 bits per heavy atom. The van der Waals surface area contributed by atoms with Crippen LogP contribution in [0.5, 0.6) is 0 Å². The van der Waals surface area contributed by atoms with Crippen molar-refractivity contribution in [3.8, 4) is 11.3 Å². The number of nitrogens with zero attached hydrogens (tertiary/aromatic N) is 2. The molecule has 4 nitrogen and oxygen atoms in total. The van der Waals surface area contributed by atoms with Gasteiger partial charge in [0.25, 0.3) is 0 Å². The van der Waals surface area contributed by atoms with E-state index in [2.05, 4.69) is 89.9 Å². The Bertz CT molecular complexity index is 1810. The number of carbonyl (C=O) groups is 1. The van der Waals surface area contributed by atoms with Crippen LogP contribution in [0.25, 0.3) is 32.2 Å². The van der Waals surface area contributed by atoms with Crippen LogP contribution in [0, 0.1) is 30.2 Å². The van der Waals surface area contributed by atoms with Crippen molar-refractivity contribution < 1.29 is 30.0 Å². The van der Waals surface area contributed by atoms with Gasteiger partial charge in [0.1, 0.15) is 6.33 Å². The van der Waals surface area contributed by atoms with Crippen molar-refractivity contribution in [1.29, 1.82) is 0 Å². The number of fused-ring (bicyclic) bond motifs is 2. The van der Waals surface area contributed by atoms with Crippen LogP contribution in [0.1, 0.15) is 98.5 Å². The fourth-order valence-corrected chi connectivity index (χ4v) is 15.6. The Labute approximate surface area is 328 Å². The van der Waals surface area contributed by atoms with Crippen LogP contribution >= 0.6 is 11.3 Å². The molecule has 0 atom stereocenters. The van der Waals surface area contributed by atoms with Gasteiger partial charge in [-0.3, -0.25) is 9.78 Å². The maximum Gasteiger partial charge on any atom is 0.162 e. The number of rotatable bonds is 11. The second kappa shape index (κ2) is 17.9. The molecule has 0 spiro atoms. The van der Waals surface area contributed by atoms with Crippen molar-refractivity contribution in [2.45, 2.75) is 138 Å². The molecule has 1 fully saturated rings. The predicted molar refractivity (Wildman–Crippen MR) is 224 cm³/mol. The minimum atomic E-state index is -1.63. The quantitative estimate of drug-likeness (QED) is 0.0705. The summed E-state index contributed by atoms with van der Waals surface area (Å²) in [6.07, 6.45) is 12.1. The normalized spacial score (nSPS) is 15.6. The van der Waals surface area contributed by atoms with Gasteiger partial charge in [-0.15, -0.1) is 40.1 Å². The molecule has 4 aromatic rings. The fourth-order valence-electron chi connectivity index (χ4n) is 7.89. The molecule has 8 heteroatoms. The van der Waals surface area contributed by atoms with Crippen LogP contribution in [0.2, 0.25) is 38.3 Å². The summed E-state index contributed by atoms with van der Waals surface area (Å²) >= 11 is 1.99. The van der Waals surface area contributed by atoms with Gasteiger partial charge in [0, 0.05) is 48.4 Å². The van der Waals surface area contributed by atoms with Crippen molar-refractivity contribution in [2.75, 3.05) is 0 Å². The first-order valence-electron chi connectivity index (χ1n) is 19.1. The molecule has 0 saturated heterocycles. The molecule has 5 rings (SSSR count). The molecule has 51 heavy (non-hydrogen) atoms. The zero-order chi connectivity index (χ0) is 37.0. The average molecular weight is 920 g/mol. The van der Waals surface area contributed by atoms with Crippen molar-refractivity contribution in [2.24, 2.45) is 17.3 Å². The standard InChI is InChI=1S/C30H39N2SSi2.C13H24O2.Ir/c1-20-26-28(33-29(20)35(7,8)23-13-15-30(2,3)16-14-23)27(32-19-31-26)22-17-21-11-9-10-12-24(21)25(18-22)34(4,5)6;1-5-10(6-2)12(14)9-13(15)11(7-3)8-4;/h9-12,18-19,23H,13-16H2,1-8H3;9-11,14H,5-8H2,1-4H3;/q-1;;/b;12-9-;. The number of aryl methyl sites for hydroxylation is 1. The second-order valence-electron chi connectivity index (χ2n) is 17.0. The summed E-state index contributed by atoms with van der Waals surface area (Å²) in [5.41, 5.74) is 6.11. The molecule has 2 heterocycles. The molecule has 1 aliphatic rings. The fraction of sp³-hybridized carbons (Fsp3) is 0.558. The Morgan fingerprint density at radius 1 is 0.980 bits per heavy atom. The van der Waals surface area contributed by atoms with E-state index in [1.807, 2.05) is 39.0 Å². The first kappa shape index (κ1) is 43.4. The first-order chi connectivity index (χ1) is 23.5. The smallest absolute Gasteiger partial charge is 0.162 e. The number of aliphatic hydroxyl groups excluding tert-OH is 1. The summed E-state index contributed by atoms with van der Waals surface area (Å²) in [7, 11) is -3.18. The molecule has 1 aliphatic carbocycles. The molecule has 281 valence electrons. The molecule has 0 amide bonds. The number of hydrogen-bond donors (Lipinski definition) is 1. The number of carbonyl (C=O) groups excluding carboxylic acids is 1. The van der Waals surface area contributed by atoms with Gasteiger partial charge in [0.05, 0.1) is 27.4 Å². The monoisotopic (exact) mass is 920 g/mol.